The van der Waals surface area contributed by atoms with Crippen molar-refractivity contribution >= 4 is 23.3 Å². The first kappa shape index (κ1) is 17.1. The molecule has 9 heteroatoms. The van der Waals surface area contributed by atoms with Crippen LogP contribution >= 0.6 is 0 Å². The Labute approximate surface area is 137 Å². The van der Waals surface area contributed by atoms with Crippen LogP contribution in [-0.2, 0) is 11.3 Å². The second-order valence-corrected chi connectivity index (χ2v) is 5.32. The lowest BCUT2D eigenvalue weighted by Crippen LogP contribution is -2.21. The average molecular weight is 332 g/mol. The first-order chi connectivity index (χ1) is 11.2. The average Bonchev–Trinajstić information content (AvgIpc) is 2.75. The Morgan fingerprint density at radius 1 is 1.33 bits per heavy atom. The van der Waals surface area contributed by atoms with Gasteiger partial charge in [0.05, 0.1) is 10.5 Å². The van der Waals surface area contributed by atoms with Crippen molar-refractivity contribution in [1.82, 2.24) is 9.78 Å². The number of aryl methyl sites for hydroxylation is 2. The first-order valence-corrected chi connectivity index (χ1v) is 7.03. The molecule has 0 aliphatic carbocycles. The number of nitrogens with zero attached hydrogens (tertiary/aromatic N) is 3. The third kappa shape index (κ3) is 3.40. The minimum absolute atomic E-state index is 0.0534. The fourth-order valence-corrected chi connectivity index (χ4v) is 2.32. The Morgan fingerprint density at radius 3 is 2.54 bits per heavy atom. The van der Waals surface area contributed by atoms with Crippen LogP contribution < -0.4 is 5.32 Å². The summed E-state index contributed by atoms with van der Waals surface area (Å²) in [6.45, 7) is 4.54. The fourth-order valence-electron chi connectivity index (χ4n) is 2.32. The predicted octanol–water partition coefficient (Wildman–Crippen LogP) is 2.05. The van der Waals surface area contributed by atoms with E-state index in [-0.39, 0.29) is 29.2 Å². The predicted molar refractivity (Wildman–Crippen MR) is 85.1 cm³/mol. The van der Waals surface area contributed by atoms with Gasteiger partial charge in [0.25, 0.3) is 0 Å². The van der Waals surface area contributed by atoms with Gasteiger partial charge >= 0.3 is 11.7 Å². The van der Waals surface area contributed by atoms with Crippen molar-refractivity contribution in [1.29, 1.82) is 0 Å². The first-order valence-electron chi connectivity index (χ1n) is 7.03. The van der Waals surface area contributed by atoms with Gasteiger partial charge in [-0.05, 0) is 38.5 Å². The summed E-state index contributed by atoms with van der Waals surface area (Å²) in [5, 5.41) is 26.6. The van der Waals surface area contributed by atoms with Gasteiger partial charge in [-0.1, -0.05) is 6.07 Å². The number of nitrogens with one attached hydrogen (secondary N) is 1. The van der Waals surface area contributed by atoms with Crippen molar-refractivity contribution < 1.29 is 19.6 Å². The summed E-state index contributed by atoms with van der Waals surface area (Å²) in [6.07, 6.45) is 0. The van der Waals surface area contributed by atoms with Crippen LogP contribution in [0.25, 0.3) is 0 Å². The van der Waals surface area contributed by atoms with Gasteiger partial charge in [-0.25, -0.2) is 4.79 Å². The Bertz CT molecular complexity index is 841. The highest BCUT2D eigenvalue weighted by atomic mass is 16.6. The standard InChI is InChI=1S/C15H16N4O5/c1-8-4-5-11(15(21)22)6-12(8)16-13(20)7-18-10(3)14(19(23)24)9(2)17-18/h4-6H,7H2,1-3H3,(H,16,20)(H,21,22). The smallest absolute Gasteiger partial charge is 0.335 e. The summed E-state index contributed by atoms with van der Waals surface area (Å²) < 4.78 is 1.25. The molecular formula is C15H16N4O5. The van der Waals surface area contributed by atoms with E-state index in [9.17, 15) is 19.7 Å². The second kappa shape index (κ2) is 6.49. The van der Waals surface area contributed by atoms with Crippen LogP contribution in [0.2, 0.25) is 0 Å². The zero-order chi connectivity index (χ0) is 18.0. The molecule has 0 aliphatic rings. The van der Waals surface area contributed by atoms with Gasteiger partial charge in [-0.3, -0.25) is 19.6 Å². The van der Waals surface area contributed by atoms with Crippen molar-refractivity contribution in [3.05, 3.63) is 50.8 Å². The van der Waals surface area contributed by atoms with Gasteiger partial charge in [0.15, 0.2) is 0 Å². The molecule has 0 aliphatic heterocycles. The molecule has 0 atom stereocenters. The summed E-state index contributed by atoms with van der Waals surface area (Å²) >= 11 is 0. The molecule has 0 spiro atoms. The molecule has 2 rings (SSSR count). The number of carboxylic acids is 1. The highest BCUT2D eigenvalue weighted by molar-refractivity contribution is 5.94. The van der Waals surface area contributed by atoms with Gasteiger partial charge in [0, 0.05) is 5.69 Å². The van der Waals surface area contributed by atoms with Crippen molar-refractivity contribution in [2.45, 2.75) is 27.3 Å². The number of anilines is 1. The Kier molecular flexibility index (Phi) is 4.63. The van der Waals surface area contributed by atoms with Crippen LogP contribution in [0, 0.1) is 30.9 Å². The maximum atomic E-state index is 12.2. The molecule has 0 saturated carbocycles. The van der Waals surface area contributed by atoms with E-state index in [0.717, 1.165) is 0 Å². The zero-order valence-electron chi connectivity index (χ0n) is 13.4. The molecule has 0 bridgehead atoms. The quantitative estimate of drug-likeness (QED) is 0.637. The third-order valence-electron chi connectivity index (χ3n) is 3.58. The molecule has 0 unspecified atom stereocenters. The van der Waals surface area contributed by atoms with Crippen molar-refractivity contribution in [2.75, 3.05) is 5.32 Å². The molecule has 1 heterocycles. The van der Waals surface area contributed by atoms with Crippen molar-refractivity contribution in [3.63, 3.8) is 0 Å². The normalized spacial score (nSPS) is 10.5. The molecule has 2 aromatic rings. The second-order valence-electron chi connectivity index (χ2n) is 5.32. The molecule has 0 radical (unpaired) electrons. The molecule has 0 fully saturated rings. The van der Waals surface area contributed by atoms with Crippen LogP contribution in [0.3, 0.4) is 0 Å². The number of carboxylic acid groups (broad SMARTS) is 1. The molecule has 1 amide bonds. The number of aromatic nitrogens is 2. The van der Waals surface area contributed by atoms with Gasteiger partial charge < -0.3 is 10.4 Å². The summed E-state index contributed by atoms with van der Waals surface area (Å²) in [6, 6.07) is 4.39. The topological polar surface area (TPSA) is 127 Å². The van der Waals surface area contributed by atoms with Gasteiger partial charge in [0.1, 0.15) is 17.9 Å². The Hall–Kier alpha value is -3.23. The largest absolute Gasteiger partial charge is 0.478 e. The number of carbonyl (C=O) groups is 2. The Balaban J connectivity index is 2.20. The number of hydrogen-bond donors (Lipinski definition) is 2. The minimum Gasteiger partial charge on any atom is -0.478 e. The van der Waals surface area contributed by atoms with E-state index in [1.807, 2.05) is 0 Å². The number of amides is 1. The van der Waals surface area contributed by atoms with Crippen LogP contribution in [-0.4, -0.2) is 31.7 Å². The summed E-state index contributed by atoms with van der Waals surface area (Å²) in [5.41, 5.74) is 1.52. The molecule has 0 saturated heterocycles. The van der Waals surface area contributed by atoms with E-state index < -0.39 is 16.8 Å². The highest BCUT2D eigenvalue weighted by Gasteiger charge is 2.22. The number of aromatic carboxylic acids is 1. The number of carbonyl (C=O) groups excluding carboxylic acids is 1. The van der Waals surface area contributed by atoms with E-state index in [2.05, 4.69) is 10.4 Å². The van der Waals surface area contributed by atoms with E-state index in [1.54, 1.807) is 13.0 Å². The SMILES string of the molecule is Cc1ccc(C(=O)O)cc1NC(=O)Cn1nc(C)c([N+](=O)[O-])c1C. The molecule has 9 nitrogen and oxygen atoms in total. The van der Waals surface area contributed by atoms with Crippen LogP contribution in [0.4, 0.5) is 11.4 Å². The van der Waals surface area contributed by atoms with Crippen LogP contribution in [0.5, 0.6) is 0 Å². The molecule has 2 N–H and O–H groups in total. The highest BCUT2D eigenvalue weighted by Crippen LogP contribution is 2.22. The van der Waals surface area contributed by atoms with Gasteiger partial charge in [-0.2, -0.15) is 5.10 Å². The molecule has 1 aromatic carbocycles. The van der Waals surface area contributed by atoms with E-state index >= 15 is 0 Å². The summed E-state index contributed by atoms with van der Waals surface area (Å²) in [4.78, 5) is 33.6. The monoisotopic (exact) mass is 332 g/mol. The van der Waals surface area contributed by atoms with Gasteiger partial charge in [-0.15, -0.1) is 0 Å². The van der Waals surface area contributed by atoms with E-state index in [1.165, 1.54) is 30.7 Å². The minimum atomic E-state index is -1.10. The van der Waals surface area contributed by atoms with Crippen molar-refractivity contribution in [2.24, 2.45) is 0 Å². The maximum absolute atomic E-state index is 12.2. The summed E-state index contributed by atoms with van der Waals surface area (Å²) in [7, 11) is 0. The third-order valence-corrected chi connectivity index (χ3v) is 3.58. The maximum Gasteiger partial charge on any atom is 0.335 e. The molecule has 126 valence electrons. The molecule has 24 heavy (non-hydrogen) atoms. The van der Waals surface area contributed by atoms with Crippen LogP contribution in [0.1, 0.15) is 27.3 Å². The fraction of sp³-hybridized carbons (Fsp3) is 0.267. The number of hydrogen-bond acceptors (Lipinski definition) is 5. The van der Waals surface area contributed by atoms with Crippen molar-refractivity contribution in [3.8, 4) is 0 Å². The van der Waals surface area contributed by atoms with Crippen LogP contribution in [0.15, 0.2) is 18.2 Å². The number of rotatable bonds is 5. The molecule has 1 aromatic heterocycles. The lowest BCUT2D eigenvalue weighted by molar-refractivity contribution is -0.386. The number of benzene rings is 1. The number of nitro groups is 1. The van der Waals surface area contributed by atoms with E-state index in [4.69, 9.17) is 5.11 Å². The van der Waals surface area contributed by atoms with E-state index in [0.29, 0.717) is 11.3 Å². The van der Waals surface area contributed by atoms with Gasteiger partial charge in [0.2, 0.25) is 5.91 Å². The Morgan fingerprint density at radius 2 is 2.00 bits per heavy atom. The zero-order valence-corrected chi connectivity index (χ0v) is 13.4. The molecular weight excluding hydrogens is 316 g/mol. The lowest BCUT2D eigenvalue weighted by Gasteiger charge is -2.10. The summed E-state index contributed by atoms with van der Waals surface area (Å²) in [5.74, 6) is -1.55. The lowest BCUT2D eigenvalue weighted by atomic mass is 10.1.